The van der Waals surface area contributed by atoms with Gasteiger partial charge in [0.2, 0.25) is 5.91 Å². The van der Waals surface area contributed by atoms with Crippen LogP contribution in [0.4, 0.5) is 5.69 Å². The van der Waals surface area contributed by atoms with Crippen molar-refractivity contribution in [2.75, 3.05) is 5.32 Å². The van der Waals surface area contributed by atoms with Crippen molar-refractivity contribution in [3.63, 3.8) is 0 Å². The number of hydrogen-bond donors (Lipinski definition) is 3. The van der Waals surface area contributed by atoms with Crippen molar-refractivity contribution in [1.82, 2.24) is 15.0 Å². The molecule has 0 aliphatic heterocycles. The van der Waals surface area contributed by atoms with Gasteiger partial charge in [-0.25, -0.2) is 9.97 Å². The molecule has 2 aliphatic rings. The van der Waals surface area contributed by atoms with Crippen LogP contribution in [0, 0.1) is 29.1 Å². The summed E-state index contributed by atoms with van der Waals surface area (Å²) < 4.78 is 0. The lowest BCUT2D eigenvalue weighted by Gasteiger charge is -2.27. The molecule has 0 spiro atoms. The number of nitriles is 1. The van der Waals surface area contributed by atoms with Crippen LogP contribution in [0.15, 0.2) is 42.6 Å². The number of nitrogens with two attached hydrogens (primary N) is 1. The van der Waals surface area contributed by atoms with E-state index in [4.69, 9.17) is 22.6 Å². The first-order valence-corrected chi connectivity index (χ1v) is 9.72. The van der Waals surface area contributed by atoms with Crippen LogP contribution in [-0.4, -0.2) is 26.9 Å². The van der Waals surface area contributed by atoms with E-state index >= 15 is 0 Å². The van der Waals surface area contributed by atoms with Crippen molar-refractivity contribution in [3.05, 3.63) is 53.2 Å². The van der Waals surface area contributed by atoms with Gasteiger partial charge in [0.1, 0.15) is 11.3 Å². The number of carbonyl (C=O) groups is 1. The normalized spacial score (nSPS) is 24.7. The van der Waals surface area contributed by atoms with Crippen LogP contribution in [0.5, 0.6) is 0 Å². The van der Waals surface area contributed by atoms with Crippen molar-refractivity contribution in [3.8, 4) is 17.5 Å². The van der Waals surface area contributed by atoms with E-state index < -0.39 is 0 Å². The number of nitrogens with zero attached hydrogens (tertiary/aromatic N) is 3. The standard InChI is InChI=1S/C21H17ClN6O/c22-14-9-25-21-18(27-20(28-21)13-3-1-2-10(6-13)8-23)17(14)26-16-12-5-4-11(7-12)15(16)19(24)29/h1-6,9,11-12,15-16H,7H2,(H2,24,29)(H2,25,26,27,28)/t11-,12+,15+,16-/m1/s1. The van der Waals surface area contributed by atoms with Crippen LogP contribution >= 0.6 is 11.6 Å². The van der Waals surface area contributed by atoms with Crippen LogP contribution in [0.3, 0.4) is 0 Å². The molecular weight excluding hydrogens is 388 g/mol. The first-order valence-electron chi connectivity index (χ1n) is 9.34. The zero-order chi connectivity index (χ0) is 20.1. The van der Waals surface area contributed by atoms with Crippen LogP contribution in [-0.2, 0) is 4.79 Å². The minimum absolute atomic E-state index is 0.132. The van der Waals surface area contributed by atoms with E-state index in [-0.39, 0.29) is 29.7 Å². The molecule has 5 rings (SSSR count). The monoisotopic (exact) mass is 404 g/mol. The molecule has 2 aromatic heterocycles. The Bertz CT molecular complexity index is 1210. The maximum absolute atomic E-state index is 12.0. The summed E-state index contributed by atoms with van der Waals surface area (Å²) in [6.45, 7) is 0. The number of benzene rings is 1. The third-order valence-corrected chi connectivity index (χ3v) is 6.12. The van der Waals surface area contributed by atoms with E-state index in [1.54, 1.807) is 24.4 Å². The molecule has 0 unspecified atom stereocenters. The maximum Gasteiger partial charge on any atom is 0.223 e. The number of pyridine rings is 1. The third kappa shape index (κ3) is 2.84. The molecule has 2 bridgehead atoms. The van der Waals surface area contributed by atoms with Gasteiger partial charge in [0.25, 0.3) is 0 Å². The van der Waals surface area contributed by atoms with E-state index in [2.05, 4.69) is 38.5 Å². The largest absolute Gasteiger partial charge is 0.378 e. The average molecular weight is 405 g/mol. The van der Waals surface area contributed by atoms with Gasteiger partial charge in [-0.1, -0.05) is 35.9 Å². The summed E-state index contributed by atoms with van der Waals surface area (Å²) >= 11 is 6.46. The number of nitrogens with one attached hydrogen (secondary N) is 2. The molecular formula is C21H17ClN6O. The number of H-pyrrole nitrogens is 1. The fourth-order valence-corrected chi connectivity index (χ4v) is 4.71. The number of hydrogen-bond acceptors (Lipinski definition) is 5. The van der Waals surface area contributed by atoms with Crippen molar-refractivity contribution in [1.29, 1.82) is 5.26 Å². The number of halogens is 1. The van der Waals surface area contributed by atoms with Gasteiger partial charge in [-0.3, -0.25) is 4.79 Å². The molecule has 144 valence electrons. The van der Waals surface area contributed by atoms with Gasteiger partial charge >= 0.3 is 0 Å². The van der Waals surface area contributed by atoms with Gasteiger partial charge in [0.15, 0.2) is 5.65 Å². The summed E-state index contributed by atoms with van der Waals surface area (Å²) in [5, 5.41) is 13.0. The molecule has 0 saturated heterocycles. The predicted molar refractivity (Wildman–Crippen MR) is 110 cm³/mol. The highest BCUT2D eigenvalue weighted by Gasteiger charge is 2.47. The number of aromatic nitrogens is 3. The molecule has 29 heavy (non-hydrogen) atoms. The Morgan fingerprint density at radius 1 is 1.34 bits per heavy atom. The van der Waals surface area contributed by atoms with Gasteiger partial charge in [-0.15, -0.1) is 0 Å². The van der Waals surface area contributed by atoms with Crippen molar-refractivity contribution in [2.45, 2.75) is 12.5 Å². The van der Waals surface area contributed by atoms with Crippen LogP contribution in [0.1, 0.15) is 12.0 Å². The fraction of sp³-hybridized carbons (Fsp3) is 0.238. The SMILES string of the molecule is N#Cc1cccc(-c2nc3c(N[C@H]4[C@@H](C(N)=O)[C@@H]5C=C[C@H]4C5)c(Cl)cnc3[nH]2)c1. The molecule has 1 amide bonds. The highest BCUT2D eigenvalue weighted by Crippen LogP contribution is 2.46. The summed E-state index contributed by atoms with van der Waals surface area (Å²) in [6, 6.07) is 9.17. The summed E-state index contributed by atoms with van der Waals surface area (Å²) in [5.41, 5.74) is 8.80. The highest BCUT2D eigenvalue weighted by atomic mass is 35.5. The molecule has 1 fully saturated rings. The zero-order valence-corrected chi connectivity index (χ0v) is 16.0. The van der Waals surface area contributed by atoms with E-state index in [1.165, 1.54) is 0 Å². The first-order chi connectivity index (χ1) is 14.0. The van der Waals surface area contributed by atoms with Gasteiger partial charge in [0, 0.05) is 11.6 Å². The molecule has 2 heterocycles. The fourth-order valence-electron chi connectivity index (χ4n) is 4.51. The summed E-state index contributed by atoms with van der Waals surface area (Å²) in [6.07, 6.45) is 6.68. The number of amides is 1. The molecule has 4 N–H and O–H groups in total. The molecule has 4 atom stereocenters. The lowest BCUT2D eigenvalue weighted by Crippen LogP contribution is -2.41. The molecule has 3 aromatic rings. The van der Waals surface area contributed by atoms with Gasteiger partial charge in [-0.05, 0) is 30.4 Å². The quantitative estimate of drug-likeness (QED) is 0.576. The molecule has 0 radical (unpaired) electrons. The topological polar surface area (TPSA) is 120 Å². The van der Waals surface area contributed by atoms with Crippen molar-refractivity contribution < 1.29 is 4.79 Å². The Morgan fingerprint density at radius 3 is 2.97 bits per heavy atom. The number of allylic oxidation sites excluding steroid dienone is 1. The minimum Gasteiger partial charge on any atom is -0.378 e. The van der Waals surface area contributed by atoms with E-state index in [0.29, 0.717) is 33.3 Å². The predicted octanol–water partition coefficient (Wildman–Crippen LogP) is 3.24. The lowest BCUT2D eigenvalue weighted by molar-refractivity contribution is -0.122. The Hall–Kier alpha value is -3.37. The van der Waals surface area contributed by atoms with Gasteiger partial charge in [-0.2, -0.15) is 5.26 Å². The second kappa shape index (κ2) is 6.61. The number of primary amides is 1. The number of imidazole rings is 1. The molecule has 1 aromatic carbocycles. The van der Waals surface area contributed by atoms with Crippen LogP contribution in [0.2, 0.25) is 5.02 Å². The van der Waals surface area contributed by atoms with E-state index in [1.807, 2.05) is 6.07 Å². The smallest absolute Gasteiger partial charge is 0.223 e. The Balaban J connectivity index is 1.57. The average Bonchev–Trinajstić information content (AvgIpc) is 3.44. The van der Waals surface area contributed by atoms with Crippen molar-refractivity contribution >= 4 is 34.4 Å². The maximum atomic E-state index is 12.0. The van der Waals surface area contributed by atoms with Gasteiger partial charge < -0.3 is 16.0 Å². The Kier molecular flexibility index (Phi) is 4.03. The summed E-state index contributed by atoms with van der Waals surface area (Å²) in [4.78, 5) is 24.3. The van der Waals surface area contributed by atoms with Crippen LogP contribution < -0.4 is 11.1 Å². The third-order valence-electron chi connectivity index (χ3n) is 5.83. The number of anilines is 1. The van der Waals surface area contributed by atoms with E-state index in [0.717, 1.165) is 12.0 Å². The van der Waals surface area contributed by atoms with Crippen molar-refractivity contribution in [2.24, 2.45) is 23.5 Å². The van der Waals surface area contributed by atoms with E-state index in [9.17, 15) is 4.79 Å². The second-order valence-corrected chi connectivity index (χ2v) is 7.91. The summed E-state index contributed by atoms with van der Waals surface area (Å²) in [7, 11) is 0. The number of aromatic amines is 1. The second-order valence-electron chi connectivity index (χ2n) is 7.50. The number of carbonyl (C=O) groups excluding carboxylic acids is 1. The molecule has 2 aliphatic carbocycles. The number of rotatable bonds is 4. The Morgan fingerprint density at radius 2 is 2.17 bits per heavy atom. The minimum atomic E-state index is -0.309. The van der Waals surface area contributed by atoms with Crippen LogP contribution in [0.25, 0.3) is 22.6 Å². The lowest BCUT2D eigenvalue weighted by atomic mass is 9.88. The summed E-state index contributed by atoms with van der Waals surface area (Å²) in [5.74, 6) is 0.387. The molecule has 7 nitrogen and oxygen atoms in total. The van der Waals surface area contributed by atoms with Gasteiger partial charge in [0.05, 0.1) is 34.5 Å². The highest BCUT2D eigenvalue weighted by molar-refractivity contribution is 6.34. The zero-order valence-electron chi connectivity index (χ0n) is 15.3. The Labute approximate surface area is 171 Å². The number of fused-ring (bicyclic) bond motifs is 3. The molecule has 8 heteroatoms. The molecule has 1 saturated carbocycles. The first kappa shape index (κ1) is 17.7.